The smallest absolute Gasteiger partial charge is 0.455 e. The van der Waals surface area contributed by atoms with E-state index in [1.54, 1.807) is 24.2 Å². The Hall–Kier alpha value is -1.50. The molecule has 1 aliphatic rings. The average molecular weight is 357 g/mol. The van der Waals surface area contributed by atoms with Gasteiger partial charge in [0.15, 0.2) is 0 Å². The van der Waals surface area contributed by atoms with Gasteiger partial charge in [-0.1, -0.05) is 0 Å². The van der Waals surface area contributed by atoms with Crippen LogP contribution in [0.25, 0.3) is 0 Å². The van der Waals surface area contributed by atoms with Gasteiger partial charge in [0.25, 0.3) is 0 Å². The van der Waals surface area contributed by atoms with E-state index in [9.17, 15) is 0 Å². The van der Waals surface area contributed by atoms with Crippen molar-refractivity contribution < 1.29 is 14.0 Å². The van der Waals surface area contributed by atoms with Gasteiger partial charge >= 0.3 is 7.12 Å². The van der Waals surface area contributed by atoms with Crippen LogP contribution in [0.2, 0.25) is 0 Å². The van der Waals surface area contributed by atoms with Crippen LogP contribution in [-0.2, 0) is 9.31 Å². The zero-order valence-corrected chi connectivity index (χ0v) is 16.4. The number of hydrogen-bond donors (Lipinski definition) is 0. The number of pyridine rings is 1. The van der Waals surface area contributed by atoms with Crippen LogP contribution in [0.1, 0.15) is 33.3 Å². The van der Waals surface area contributed by atoms with Crippen molar-refractivity contribution in [2.75, 3.05) is 6.26 Å². The Labute approximate surface area is 154 Å². The second-order valence-corrected chi connectivity index (χ2v) is 8.10. The molecule has 6 heteroatoms. The zero-order valence-electron chi connectivity index (χ0n) is 15.6. The topological polar surface area (TPSA) is 40.6 Å². The predicted octanol–water partition coefficient (Wildman–Crippen LogP) is 4.20. The SMILES string of the molecule is CSc1ccc(Oc2cncc(B3OC(C)(C)C(C)(C)O3)c2C)cc1. The van der Waals surface area contributed by atoms with Crippen LogP contribution >= 0.6 is 11.8 Å². The number of benzene rings is 1. The van der Waals surface area contributed by atoms with E-state index in [1.807, 2.05) is 58.9 Å². The van der Waals surface area contributed by atoms with Crippen molar-refractivity contribution in [3.8, 4) is 11.5 Å². The van der Waals surface area contributed by atoms with Gasteiger partial charge in [-0.3, -0.25) is 4.98 Å². The Kier molecular flexibility index (Phi) is 4.88. The summed E-state index contributed by atoms with van der Waals surface area (Å²) in [5, 5.41) is 0. The monoisotopic (exact) mass is 357 g/mol. The van der Waals surface area contributed by atoms with Gasteiger partial charge in [-0.25, -0.2) is 0 Å². The lowest BCUT2D eigenvalue weighted by atomic mass is 9.77. The molecule has 25 heavy (non-hydrogen) atoms. The highest BCUT2D eigenvalue weighted by atomic mass is 32.2. The van der Waals surface area contributed by atoms with Gasteiger partial charge in [-0.05, 0) is 70.7 Å². The fourth-order valence-corrected chi connectivity index (χ4v) is 3.01. The molecule has 0 aliphatic carbocycles. The van der Waals surface area contributed by atoms with E-state index in [0.29, 0.717) is 5.75 Å². The van der Waals surface area contributed by atoms with Crippen molar-refractivity contribution in [1.82, 2.24) is 4.98 Å². The second-order valence-electron chi connectivity index (χ2n) is 7.22. The van der Waals surface area contributed by atoms with E-state index < -0.39 is 7.12 Å². The summed E-state index contributed by atoms with van der Waals surface area (Å²) in [5.74, 6) is 1.50. The summed E-state index contributed by atoms with van der Waals surface area (Å²) in [7, 11) is -0.445. The third kappa shape index (κ3) is 3.57. The lowest BCUT2D eigenvalue weighted by Crippen LogP contribution is -2.41. The maximum Gasteiger partial charge on any atom is 0.496 e. The summed E-state index contributed by atoms with van der Waals surface area (Å²) >= 11 is 1.70. The van der Waals surface area contributed by atoms with Crippen molar-refractivity contribution in [2.24, 2.45) is 0 Å². The van der Waals surface area contributed by atoms with Crippen LogP contribution in [0.15, 0.2) is 41.6 Å². The van der Waals surface area contributed by atoms with Gasteiger partial charge in [0.1, 0.15) is 11.5 Å². The number of ether oxygens (including phenoxy) is 1. The first-order chi connectivity index (χ1) is 11.7. The Bertz CT molecular complexity index is 746. The molecule has 2 aromatic rings. The van der Waals surface area contributed by atoms with Gasteiger partial charge in [0.05, 0.1) is 17.4 Å². The number of nitrogens with zero attached hydrogens (tertiary/aromatic N) is 1. The summed E-state index contributed by atoms with van der Waals surface area (Å²) < 4.78 is 18.3. The zero-order chi connectivity index (χ0) is 18.2. The molecular formula is C19H24BNO3S. The summed E-state index contributed by atoms with van der Waals surface area (Å²) in [6, 6.07) is 8.02. The Morgan fingerprint density at radius 2 is 1.60 bits per heavy atom. The molecule has 1 fully saturated rings. The van der Waals surface area contributed by atoms with Crippen LogP contribution in [0.5, 0.6) is 11.5 Å². The quantitative estimate of drug-likeness (QED) is 0.606. The highest BCUT2D eigenvalue weighted by Gasteiger charge is 2.52. The molecular weight excluding hydrogens is 333 g/mol. The first-order valence-electron chi connectivity index (χ1n) is 8.35. The number of thioether (sulfide) groups is 1. The van der Waals surface area contributed by atoms with Crippen LogP contribution in [0.3, 0.4) is 0 Å². The minimum absolute atomic E-state index is 0.380. The predicted molar refractivity (Wildman–Crippen MR) is 103 cm³/mol. The summed E-state index contributed by atoms with van der Waals surface area (Å²) in [6.07, 6.45) is 5.58. The molecule has 0 bridgehead atoms. The molecule has 3 rings (SSSR count). The molecule has 1 saturated heterocycles. The van der Waals surface area contributed by atoms with Gasteiger partial charge in [-0.15, -0.1) is 11.8 Å². The van der Waals surface area contributed by atoms with Crippen LogP contribution < -0.4 is 10.2 Å². The number of rotatable bonds is 4. The van der Waals surface area contributed by atoms with E-state index in [2.05, 4.69) is 11.2 Å². The Morgan fingerprint density at radius 1 is 1.00 bits per heavy atom. The maximum atomic E-state index is 6.15. The van der Waals surface area contributed by atoms with Gasteiger partial charge < -0.3 is 14.0 Å². The fraction of sp³-hybridized carbons (Fsp3) is 0.421. The molecule has 0 amide bonds. The van der Waals surface area contributed by atoms with E-state index in [0.717, 1.165) is 16.8 Å². The molecule has 0 spiro atoms. The van der Waals surface area contributed by atoms with Crippen molar-refractivity contribution in [1.29, 1.82) is 0 Å². The molecule has 1 aromatic heterocycles. The largest absolute Gasteiger partial charge is 0.496 e. The third-order valence-corrected chi connectivity index (χ3v) is 5.75. The minimum atomic E-state index is -0.445. The van der Waals surface area contributed by atoms with Crippen LogP contribution in [0, 0.1) is 6.92 Å². The maximum absolute atomic E-state index is 6.15. The van der Waals surface area contributed by atoms with Crippen molar-refractivity contribution in [3.05, 3.63) is 42.2 Å². The summed E-state index contributed by atoms with van der Waals surface area (Å²) in [4.78, 5) is 5.53. The average Bonchev–Trinajstić information content (AvgIpc) is 2.78. The standard InChI is InChI=1S/C19H24BNO3S/c1-13-16(20-23-18(2,3)19(4,5)24-20)11-21-12-17(13)22-14-7-9-15(25-6)10-8-14/h7-12H,1-6H3. The molecule has 1 aromatic carbocycles. The molecule has 0 N–H and O–H groups in total. The molecule has 1 aliphatic heterocycles. The molecule has 4 nitrogen and oxygen atoms in total. The highest BCUT2D eigenvalue weighted by Crippen LogP contribution is 2.37. The lowest BCUT2D eigenvalue weighted by Gasteiger charge is -2.32. The Balaban J connectivity index is 1.85. The van der Waals surface area contributed by atoms with Crippen LogP contribution in [0.4, 0.5) is 0 Å². The minimum Gasteiger partial charge on any atom is -0.455 e. The van der Waals surface area contributed by atoms with Gasteiger partial charge in [0, 0.05) is 16.6 Å². The first-order valence-corrected chi connectivity index (χ1v) is 9.58. The van der Waals surface area contributed by atoms with Gasteiger partial charge in [0.2, 0.25) is 0 Å². The van der Waals surface area contributed by atoms with Gasteiger partial charge in [-0.2, -0.15) is 0 Å². The number of hydrogen-bond acceptors (Lipinski definition) is 5. The fourth-order valence-electron chi connectivity index (χ4n) is 2.60. The summed E-state index contributed by atoms with van der Waals surface area (Å²) in [6.45, 7) is 10.2. The molecule has 2 heterocycles. The van der Waals surface area contributed by atoms with Crippen molar-refractivity contribution >= 4 is 24.3 Å². The number of aromatic nitrogens is 1. The normalized spacial score (nSPS) is 18.4. The molecule has 0 saturated carbocycles. The highest BCUT2D eigenvalue weighted by molar-refractivity contribution is 7.98. The molecule has 0 unspecified atom stereocenters. The molecule has 132 valence electrons. The second kappa shape index (κ2) is 6.67. The first kappa shape index (κ1) is 18.3. The molecule has 0 radical (unpaired) electrons. The van der Waals surface area contributed by atoms with E-state index in [-0.39, 0.29) is 11.2 Å². The van der Waals surface area contributed by atoms with Crippen molar-refractivity contribution in [2.45, 2.75) is 50.7 Å². The molecule has 0 atom stereocenters. The third-order valence-electron chi connectivity index (χ3n) is 5.00. The lowest BCUT2D eigenvalue weighted by molar-refractivity contribution is 0.00578. The summed E-state index contributed by atoms with van der Waals surface area (Å²) in [5.41, 5.74) is 1.11. The van der Waals surface area contributed by atoms with E-state index in [1.165, 1.54) is 4.90 Å². The van der Waals surface area contributed by atoms with E-state index >= 15 is 0 Å². The van der Waals surface area contributed by atoms with Crippen LogP contribution in [-0.4, -0.2) is 29.6 Å². The van der Waals surface area contributed by atoms with E-state index in [4.69, 9.17) is 14.0 Å². The Morgan fingerprint density at radius 3 is 2.16 bits per heavy atom. The van der Waals surface area contributed by atoms with Crippen molar-refractivity contribution in [3.63, 3.8) is 0 Å².